The van der Waals surface area contributed by atoms with Crippen molar-refractivity contribution in [1.82, 2.24) is 0 Å². The molecule has 0 fully saturated rings. The fourth-order valence-electron chi connectivity index (χ4n) is 3.40. The van der Waals surface area contributed by atoms with Crippen molar-refractivity contribution in [3.8, 4) is 0 Å². The van der Waals surface area contributed by atoms with E-state index in [-0.39, 0.29) is 11.6 Å². The van der Waals surface area contributed by atoms with E-state index in [4.69, 9.17) is 16.0 Å². The van der Waals surface area contributed by atoms with Crippen LogP contribution in [0.25, 0.3) is 0 Å². The van der Waals surface area contributed by atoms with Crippen LogP contribution < -0.4 is 10.4 Å². The Morgan fingerprint density at radius 2 is 1.32 bits per heavy atom. The largest absolute Gasteiger partial charge is 0.401 e. The molecule has 1 N–H and O–H groups in total. The number of rotatable bonds is 7. The quantitative estimate of drug-likeness (QED) is 0.585. The number of hydrogen-bond donors (Lipinski definition) is 1. The van der Waals surface area contributed by atoms with Crippen molar-refractivity contribution in [1.29, 1.82) is 0 Å². The summed E-state index contributed by atoms with van der Waals surface area (Å²) in [6.07, 6.45) is 0.515. The van der Waals surface area contributed by atoms with Gasteiger partial charge in [0.2, 0.25) is 0 Å². The zero-order valence-electron chi connectivity index (χ0n) is 15.6. The zero-order chi connectivity index (χ0) is 18.6. The van der Waals surface area contributed by atoms with Crippen LogP contribution in [0.3, 0.4) is 0 Å². The maximum atomic E-state index is 9.55. The molecule has 0 spiro atoms. The van der Waals surface area contributed by atoms with Gasteiger partial charge < -0.3 is 9.53 Å². The molecule has 136 valence electrons. The van der Waals surface area contributed by atoms with Gasteiger partial charge in [0.15, 0.2) is 0 Å². The molecule has 2 aromatic rings. The molecule has 2 rings (SSSR count). The summed E-state index contributed by atoms with van der Waals surface area (Å²) in [6.45, 7) is 8.80. The van der Waals surface area contributed by atoms with Crippen LogP contribution >= 0.6 is 11.6 Å². The van der Waals surface area contributed by atoms with Gasteiger partial charge in [0, 0.05) is 6.61 Å². The summed E-state index contributed by atoms with van der Waals surface area (Å²) in [5.41, 5.74) is -0.582. The molecule has 0 saturated heterocycles. The van der Waals surface area contributed by atoms with E-state index < -0.39 is 13.9 Å². The molecule has 0 aliphatic carbocycles. The van der Waals surface area contributed by atoms with Crippen LogP contribution in [-0.2, 0) is 4.43 Å². The van der Waals surface area contributed by atoms with Crippen molar-refractivity contribution in [2.75, 3.05) is 12.5 Å². The third-order valence-corrected chi connectivity index (χ3v) is 10.5. The topological polar surface area (TPSA) is 29.5 Å². The standard InChI is InChI=1S/C21H29ClO2Si/c1-20(2,3)25(18-11-7-5-8-12-18,19-13-9-6-10-14-19)24-21(4,17-22)15-16-23/h5-14,23H,15-17H2,1-4H3. The van der Waals surface area contributed by atoms with E-state index in [2.05, 4.69) is 69.3 Å². The fraction of sp³-hybridized carbons (Fsp3) is 0.429. The summed E-state index contributed by atoms with van der Waals surface area (Å²) in [4.78, 5) is 0. The Hall–Kier alpha value is -1.13. The normalized spacial score (nSPS) is 15.0. The van der Waals surface area contributed by atoms with Crippen molar-refractivity contribution in [3.05, 3.63) is 60.7 Å². The molecule has 0 aliphatic rings. The molecule has 1 unspecified atom stereocenters. The molecule has 2 nitrogen and oxygen atoms in total. The summed E-state index contributed by atoms with van der Waals surface area (Å²) in [6, 6.07) is 21.0. The van der Waals surface area contributed by atoms with Gasteiger partial charge >= 0.3 is 0 Å². The Bertz CT molecular complexity index is 615. The van der Waals surface area contributed by atoms with Gasteiger partial charge in [0.1, 0.15) is 0 Å². The Morgan fingerprint density at radius 3 is 1.64 bits per heavy atom. The van der Waals surface area contributed by atoms with Gasteiger partial charge in [0.05, 0.1) is 11.5 Å². The molecule has 0 heterocycles. The van der Waals surface area contributed by atoms with E-state index in [9.17, 15) is 5.11 Å². The number of aliphatic hydroxyl groups excluding tert-OH is 1. The minimum Gasteiger partial charge on any atom is -0.401 e. The summed E-state index contributed by atoms with van der Waals surface area (Å²) >= 11 is 6.30. The summed E-state index contributed by atoms with van der Waals surface area (Å²) in [5, 5.41) is 11.9. The first kappa shape index (κ1) is 20.2. The van der Waals surface area contributed by atoms with E-state index in [1.54, 1.807) is 0 Å². The maximum Gasteiger partial charge on any atom is 0.261 e. The van der Waals surface area contributed by atoms with Gasteiger partial charge in [-0.1, -0.05) is 81.4 Å². The number of halogens is 1. The van der Waals surface area contributed by atoms with E-state index in [0.717, 1.165) is 0 Å². The number of benzene rings is 2. The van der Waals surface area contributed by atoms with Crippen molar-refractivity contribution >= 4 is 30.3 Å². The molecule has 1 atom stereocenters. The summed E-state index contributed by atoms with van der Waals surface area (Å²) < 4.78 is 7.00. The number of alkyl halides is 1. The predicted octanol–water partition coefficient (Wildman–Crippen LogP) is 3.94. The molecule has 0 amide bonds. The van der Waals surface area contributed by atoms with E-state index in [1.807, 2.05) is 19.1 Å². The minimum atomic E-state index is -2.64. The van der Waals surface area contributed by atoms with Crippen LogP contribution in [0.2, 0.25) is 5.04 Å². The van der Waals surface area contributed by atoms with Gasteiger partial charge in [-0.15, -0.1) is 11.6 Å². The lowest BCUT2D eigenvalue weighted by atomic mass is 10.1. The fourth-order valence-corrected chi connectivity index (χ4v) is 8.52. The second kappa shape index (κ2) is 8.04. The molecule has 0 saturated carbocycles. The van der Waals surface area contributed by atoms with Crippen molar-refractivity contribution in [3.63, 3.8) is 0 Å². The lowest BCUT2D eigenvalue weighted by Gasteiger charge is -2.48. The van der Waals surface area contributed by atoms with E-state index in [0.29, 0.717) is 12.3 Å². The van der Waals surface area contributed by atoms with Gasteiger partial charge in [0.25, 0.3) is 8.32 Å². The highest BCUT2D eigenvalue weighted by atomic mass is 35.5. The van der Waals surface area contributed by atoms with Gasteiger partial charge in [-0.05, 0) is 28.8 Å². The highest BCUT2D eigenvalue weighted by molar-refractivity contribution is 6.99. The van der Waals surface area contributed by atoms with Crippen molar-refractivity contribution in [2.24, 2.45) is 0 Å². The molecule has 25 heavy (non-hydrogen) atoms. The number of aliphatic hydroxyl groups is 1. The summed E-state index contributed by atoms with van der Waals surface area (Å²) in [7, 11) is -2.64. The summed E-state index contributed by atoms with van der Waals surface area (Å²) in [5.74, 6) is 0.345. The Balaban J connectivity index is 2.73. The van der Waals surface area contributed by atoms with E-state index in [1.165, 1.54) is 10.4 Å². The van der Waals surface area contributed by atoms with Crippen LogP contribution in [0.5, 0.6) is 0 Å². The zero-order valence-corrected chi connectivity index (χ0v) is 17.4. The smallest absolute Gasteiger partial charge is 0.261 e. The van der Waals surface area contributed by atoms with Crippen molar-refractivity contribution < 1.29 is 9.53 Å². The highest BCUT2D eigenvalue weighted by Gasteiger charge is 2.53. The molecule has 0 radical (unpaired) electrons. The Labute approximate surface area is 157 Å². The third kappa shape index (κ3) is 4.17. The number of hydrogen-bond acceptors (Lipinski definition) is 2. The van der Waals surface area contributed by atoms with Crippen LogP contribution in [0.1, 0.15) is 34.1 Å². The lowest BCUT2D eigenvalue weighted by Crippen LogP contribution is -2.69. The van der Waals surface area contributed by atoms with Crippen LogP contribution in [-0.4, -0.2) is 31.5 Å². The maximum absolute atomic E-state index is 9.55. The third-order valence-electron chi connectivity index (χ3n) is 4.74. The second-order valence-corrected chi connectivity index (χ2v) is 12.3. The van der Waals surface area contributed by atoms with Gasteiger partial charge in [-0.25, -0.2) is 0 Å². The minimum absolute atomic E-state index is 0.0570. The molecular weight excluding hydrogens is 348 g/mol. The highest BCUT2D eigenvalue weighted by Crippen LogP contribution is 2.40. The first-order valence-electron chi connectivity index (χ1n) is 8.77. The predicted molar refractivity (Wildman–Crippen MR) is 110 cm³/mol. The molecule has 0 aliphatic heterocycles. The molecular formula is C21H29ClO2Si. The van der Waals surface area contributed by atoms with Gasteiger partial charge in [-0.3, -0.25) is 0 Å². The second-order valence-electron chi connectivity index (χ2n) is 7.82. The molecule has 0 aromatic heterocycles. The molecule has 0 bridgehead atoms. The average Bonchev–Trinajstić information content (AvgIpc) is 2.60. The van der Waals surface area contributed by atoms with Crippen LogP contribution in [0.15, 0.2) is 60.7 Å². The Morgan fingerprint density at radius 1 is 0.880 bits per heavy atom. The molecule has 4 heteroatoms. The lowest BCUT2D eigenvalue weighted by molar-refractivity contribution is 0.0695. The first-order valence-corrected chi connectivity index (χ1v) is 11.2. The van der Waals surface area contributed by atoms with Crippen molar-refractivity contribution in [2.45, 2.75) is 44.8 Å². The van der Waals surface area contributed by atoms with Gasteiger partial charge in [-0.2, -0.15) is 0 Å². The molecule has 2 aromatic carbocycles. The van der Waals surface area contributed by atoms with Crippen LogP contribution in [0.4, 0.5) is 0 Å². The average molecular weight is 377 g/mol. The first-order chi connectivity index (χ1) is 11.8. The monoisotopic (exact) mass is 376 g/mol. The SMILES string of the molecule is CC(CCl)(CCO)O[Si](c1ccccc1)(c1ccccc1)C(C)(C)C. The Kier molecular flexibility index (Phi) is 6.49. The van der Waals surface area contributed by atoms with E-state index >= 15 is 0 Å². The van der Waals surface area contributed by atoms with Crippen LogP contribution in [0, 0.1) is 0 Å².